The van der Waals surface area contributed by atoms with Gasteiger partial charge in [-0.25, -0.2) is 0 Å². The summed E-state index contributed by atoms with van der Waals surface area (Å²) in [7, 11) is 1.58. The number of Topliss-reactive ketones (excluding diaryl/α,β-unsaturated/α-hetero) is 1. The minimum atomic E-state index is -0.128. The van der Waals surface area contributed by atoms with Crippen LogP contribution in [-0.2, 0) is 11.3 Å². The second-order valence-corrected chi connectivity index (χ2v) is 8.27. The molecule has 1 amide bonds. The fourth-order valence-corrected chi connectivity index (χ4v) is 4.36. The Morgan fingerprint density at radius 2 is 2.07 bits per heavy atom. The Bertz CT molecular complexity index is 836. The standard InChI is InChI=1S/C22H28N2O4S/c1-16(25)21-10-18(15-29-21)13-24-9-5-6-17(12-24)11-23-22(26)14-28-20-8-4-3-7-19(20)27-2/h3-4,7-8,10,15,17H,5-6,9,11-14H2,1-2H3,(H,23,26). The number of carbonyl (C=O) groups excluding carboxylic acids is 2. The number of carbonyl (C=O) groups is 2. The molecule has 0 radical (unpaired) electrons. The fourth-order valence-electron chi connectivity index (χ4n) is 3.55. The van der Waals surface area contributed by atoms with E-state index in [0.717, 1.165) is 37.4 Å². The number of hydrogen-bond acceptors (Lipinski definition) is 6. The SMILES string of the molecule is COc1ccccc1OCC(=O)NCC1CCCN(Cc2csc(C(C)=O)c2)C1. The highest BCUT2D eigenvalue weighted by Gasteiger charge is 2.21. The van der Waals surface area contributed by atoms with E-state index in [-0.39, 0.29) is 18.3 Å². The van der Waals surface area contributed by atoms with Crippen LogP contribution < -0.4 is 14.8 Å². The Morgan fingerprint density at radius 3 is 2.79 bits per heavy atom. The molecule has 0 saturated carbocycles. The predicted molar refractivity (Wildman–Crippen MR) is 114 cm³/mol. The van der Waals surface area contributed by atoms with Crippen molar-refractivity contribution in [2.24, 2.45) is 5.92 Å². The lowest BCUT2D eigenvalue weighted by Crippen LogP contribution is -2.41. The topological polar surface area (TPSA) is 67.9 Å². The van der Waals surface area contributed by atoms with Gasteiger partial charge in [0.25, 0.3) is 5.91 Å². The molecule has 0 aliphatic carbocycles. The molecule has 3 rings (SSSR count). The van der Waals surface area contributed by atoms with Gasteiger partial charge in [-0.2, -0.15) is 0 Å². The lowest BCUT2D eigenvalue weighted by molar-refractivity contribution is -0.123. The van der Waals surface area contributed by atoms with Crippen molar-refractivity contribution < 1.29 is 19.1 Å². The highest BCUT2D eigenvalue weighted by Crippen LogP contribution is 2.25. The summed E-state index contributed by atoms with van der Waals surface area (Å²) in [6, 6.07) is 9.29. The van der Waals surface area contributed by atoms with Crippen LogP contribution in [0.15, 0.2) is 35.7 Å². The lowest BCUT2D eigenvalue weighted by atomic mass is 9.97. The molecule has 29 heavy (non-hydrogen) atoms. The summed E-state index contributed by atoms with van der Waals surface area (Å²) in [5.74, 6) is 1.59. The molecule has 2 aromatic rings. The molecule has 1 aliphatic heterocycles. The van der Waals surface area contributed by atoms with Crippen LogP contribution in [0.2, 0.25) is 0 Å². The monoisotopic (exact) mass is 416 g/mol. The van der Waals surface area contributed by atoms with Crippen LogP contribution >= 0.6 is 11.3 Å². The maximum Gasteiger partial charge on any atom is 0.257 e. The summed E-state index contributed by atoms with van der Waals surface area (Å²) in [4.78, 5) is 26.9. The van der Waals surface area contributed by atoms with Gasteiger partial charge < -0.3 is 14.8 Å². The Kier molecular flexibility index (Phi) is 7.66. The first-order valence-electron chi connectivity index (χ1n) is 9.88. The zero-order valence-electron chi connectivity index (χ0n) is 17.0. The van der Waals surface area contributed by atoms with Crippen molar-refractivity contribution in [1.29, 1.82) is 0 Å². The number of ketones is 1. The number of piperidine rings is 1. The molecule has 1 aromatic carbocycles. The maximum absolute atomic E-state index is 12.2. The third kappa shape index (κ3) is 6.30. The summed E-state index contributed by atoms with van der Waals surface area (Å²) in [6.45, 7) is 5.07. The van der Waals surface area contributed by atoms with E-state index < -0.39 is 0 Å². The van der Waals surface area contributed by atoms with Gasteiger partial charge in [0.05, 0.1) is 12.0 Å². The highest BCUT2D eigenvalue weighted by molar-refractivity contribution is 7.12. The molecule has 1 aromatic heterocycles. The minimum Gasteiger partial charge on any atom is -0.493 e. The summed E-state index contributed by atoms with van der Waals surface area (Å²) in [5.41, 5.74) is 1.19. The smallest absolute Gasteiger partial charge is 0.257 e. The Balaban J connectivity index is 1.41. The van der Waals surface area contributed by atoms with Crippen molar-refractivity contribution in [3.05, 3.63) is 46.2 Å². The van der Waals surface area contributed by atoms with E-state index in [1.54, 1.807) is 26.2 Å². The largest absolute Gasteiger partial charge is 0.493 e. The first-order valence-corrected chi connectivity index (χ1v) is 10.8. The van der Waals surface area contributed by atoms with Gasteiger partial charge in [-0.1, -0.05) is 12.1 Å². The molecule has 1 saturated heterocycles. The average Bonchev–Trinajstić information content (AvgIpc) is 3.20. The molecule has 6 nitrogen and oxygen atoms in total. The van der Waals surface area contributed by atoms with Gasteiger partial charge in [0, 0.05) is 19.6 Å². The average molecular weight is 417 g/mol. The van der Waals surface area contributed by atoms with Gasteiger partial charge in [0.15, 0.2) is 23.9 Å². The Hall–Kier alpha value is -2.38. The van der Waals surface area contributed by atoms with Crippen molar-refractivity contribution >= 4 is 23.0 Å². The third-order valence-electron chi connectivity index (χ3n) is 5.03. The van der Waals surface area contributed by atoms with Gasteiger partial charge in [-0.15, -0.1) is 11.3 Å². The van der Waals surface area contributed by atoms with E-state index in [0.29, 0.717) is 24.0 Å². The molecule has 0 bridgehead atoms. The van der Waals surface area contributed by atoms with Gasteiger partial charge in [-0.3, -0.25) is 14.5 Å². The predicted octanol–water partition coefficient (Wildman–Crippen LogP) is 3.37. The second-order valence-electron chi connectivity index (χ2n) is 7.36. The number of nitrogens with zero attached hydrogens (tertiary/aromatic N) is 1. The first kappa shape index (κ1) is 21.3. The number of nitrogens with one attached hydrogen (secondary N) is 1. The summed E-state index contributed by atoms with van der Waals surface area (Å²) in [6.07, 6.45) is 2.22. The Morgan fingerprint density at radius 1 is 1.28 bits per heavy atom. The number of likely N-dealkylation sites (tertiary alicyclic amines) is 1. The zero-order valence-corrected chi connectivity index (χ0v) is 17.8. The number of para-hydroxylation sites is 2. The molecule has 1 atom stereocenters. The van der Waals surface area contributed by atoms with E-state index in [1.807, 2.05) is 18.2 Å². The quantitative estimate of drug-likeness (QED) is 0.635. The number of methoxy groups -OCH3 is 1. The molecule has 1 N–H and O–H groups in total. The lowest BCUT2D eigenvalue weighted by Gasteiger charge is -2.32. The molecule has 1 aliphatic rings. The van der Waals surface area contributed by atoms with Crippen molar-refractivity contribution in [2.75, 3.05) is 33.4 Å². The number of ether oxygens (including phenoxy) is 2. The minimum absolute atomic E-state index is 0.0282. The van der Waals surface area contributed by atoms with Crippen LogP contribution in [0.5, 0.6) is 11.5 Å². The normalized spacial score (nSPS) is 17.0. The Labute approximate surface area is 175 Å². The van der Waals surface area contributed by atoms with Crippen LogP contribution in [0.1, 0.15) is 35.0 Å². The number of benzene rings is 1. The van der Waals surface area contributed by atoms with Crippen molar-refractivity contribution in [3.63, 3.8) is 0 Å². The summed E-state index contributed by atoms with van der Waals surface area (Å²) < 4.78 is 10.8. The van der Waals surface area contributed by atoms with Crippen molar-refractivity contribution in [1.82, 2.24) is 10.2 Å². The first-order chi connectivity index (χ1) is 14.0. The van der Waals surface area contributed by atoms with E-state index in [1.165, 1.54) is 16.9 Å². The van der Waals surface area contributed by atoms with Crippen molar-refractivity contribution in [2.45, 2.75) is 26.3 Å². The number of amides is 1. The molecular formula is C22H28N2O4S. The molecule has 2 heterocycles. The van der Waals surface area contributed by atoms with E-state index in [2.05, 4.69) is 15.6 Å². The third-order valence-corrected chi connectivity index (χ3v) is 6.11. The highest BCUT2D eigenvalue weighted by atomic mass is 32.1. The van der Waals surface area contributed by atoms with Gasteiger partial charge in [0.2, 0.25) is 0 Å². The van der Waals surface area contributed by atoms with Gasteiger partial charge in [-0.05, 0) is 61.4 Å². The van der Waals surface area contributed by atoms with Gasteiger partial charge in [0.1, 0.15) is 0 Å². The summed E-state index contributed by atoms with van der Waals surface area (Å²) >= 11 is 1.51. The van der Waals surface area contributed by atoms with Gasteiger partial charge >= 0.3 is 0 Å². The molecule has 156 valence electrons. The van der Waals surface area contributed by atoms with E-state index in [4.69, 9.17) is 9.47 Å². The number of hydrogen-bond donors (Lipinski definition) is 1. The summed E-state index contributed by atoms with van der Waals surface area (Å²) in [5, 5.41) is 5.06. The van der Waals surface area contributed by atoms with E-state index >= 15 is 0 Å². The van der Waals surface area contributed by atoms with Crippen LogP contribution in [0.3, 0.4) is 0 Å². The fraction of sp³-hybridized carbons (Fsp3) is 0.455. The molecule has 1 fully saturated rings. The molecule has 1 unspecified atom stereocenters. The van der Waals surface area contributed by atoms with Crippen LogP contribution in [0.4, 0.5) is 0 Å². The zero-order chi connectivity index (χ0) is 20.6. The van der Waals surface area contributed by atoms with Crippen LogP contribution in [0, 0.1) is 5.92 Å². The molecule has 0 spiro atoms. The molecular weight excluding hydrogens is 388 g/mol. The molecule has 7 heteroatoms. The van der Waals surface area contributed by atoms with Crippen molar-refractivity contribution in [3.8, 4) is 11.5 Å². The number of rotatable bonds is 9. The number of thiophene rings is 1. The second kappa shape index (κ2) is 10.4. The van der Waals surface area contributed by atoms with E-state index in [9.17, 15) is 9.59 Å². The van der Waals surface area contributed by atoms with Crippen LogP contribution in [0.25, 0.3) is 0 Å². The van der Waals surface area contributed by atoms with Crippen LogP contribution in [-0.4, -0.2) is 49.9 Å². The maximum atomic E-state index is 12.2.